The van der Waals surface area contributed by atoms with Crippen LogP contribution in [0.4, 0.5) is 0 Å². The monoisotopic (exact) mass is 173 g/mol. The van der Waals surface area contributed by atoms with Crippen LogP contribution in [0.15, 0.2) is 11.8 Å². The fourth-order valence-electron chi connectivity index (χ4n) is 0.294. The first-order valence-electron chi connectivity index (χ1n) is 2.76. The molecule has 0 aromatic rings. The first-order valence-corrected chi connectivity index (χ1v) is 3.90. The molecule has 0 heterocycles. The van der Waals surface area contributed by atoms with Crippen LogP contribution in [-0.2, 0) is 15.0 Å². The number of rotatable bonds is 3. The van der Waals surface area contributed by atoms with E-state index < -0.39 is 10.3 Å². The molecule has 0 fully saturated rings. The Hall–Kier alpha value is -1.28. The minimum absolute atomic E-state index is 0.0326. The Morgan fingerprint density at radius 2 is 2.36 bits per heavy atom. The van der Waals surface area contributed by atoms with E-state index in [2.05, 4.69) is 4.74 Å². The van der Waals surface area contributed by atoms with Crippen LogP contribution >= 0.6 is 0 Å². The van der Waals surface area contributed by atoms with Gasteiger partial charge in [-0.15, -0.1) is 0 Å². The van der Waals surface area contributed by atoms with Crippen molar-refractivity contribution in [3.8, 4) is 6.07 Å². The molecule has 0 radical (unpaired) electrons. The van der Waals surface area contributed by atoms with Crippen LogP contribution in [0.3, 0.4) is 0 Å². The molecule has 0 atom stereocenters. The highest BCUT2D eigenvalue weighted by molar-refractivity contribution is 7.71. The van der Waals surface area contributed by atoms with Gasteiger partial charge in [-0.25, -0.2) is 0 Å². The van der Waals surface area contributed by atoms with Crippen molar-refractivity contribution in [2.24, 2.45) is 0 Å². The fourth-order valence-corrected chi connectivity index (χ4v) is 0.484. The Morgan fingerprint density at radius 1 is 1.73 bits per heavy atom. The molecule has 0 aliphatic heterocycles. The van der Waals surface area contributed by atoms with Gasteiger partial charge in [-0.05, 0) is 6.92 Å². The van der Waals surface area contributed by atoms with E-state index in [4.69, 9.17) is 5.26 Å². The second-order valence-electron chi connectivity index (χ2n) is 1.67. The van der Waals surface area contributed by atoms with Gasteiger partial charge < -0.3 is 4.74 Å². The van der Waals surface area contributed by atoms with Gasteiger partial charge in [0.1, 0.15) is 6.61 Å². The summed E-state index contributed by atoms with van der Waals surface area (Å²) in [6.45, 7) is 1.53. The molecule has 0 aromatic heterocycles. The van der Waals surface area contributed by atoms with Crippen molar-refractivity contribution in [1.29, 1.82) is 5.26 Å². The van der Waals surface area contributed by atoms with Crippen LogP contribution in [-0.4, -0.2) is 20.4 Å². The maximum atomic E-state index is 9.89. The van der Waals surface area contributed by atoms with E-state index in [0.29, 0.717) is 5.57 Å². The maximum absolute atomic E-state index is 9.89. The standard InChI is InChI=1S/C6H7NO3S/c1-6(4-7)5-10-2-3-11(8)9/h3,5H,2H2,1H3. The van der Waals surface area contributed by atoms with Gasteiger partial charge in [0.2, 0.25) is 10.3 Å². The first kappa shape index (κ1) is 9.72. The van der Waals surface area contributed by atoms with E-state index in [1.165, 1.54) is 6.26 Å². The molecule has 0 N–H and O–H groups in total. The van der Waals surface area contributed by atoms with Gasteiger partial charge >= 0.3 is 0 Å². The molecule has 0 saturated heterocycles. The Balaban J connectivity index is 3.78. The number of allylic oxidation sites excluding steroid dienone is 1. The minimum Gasteiger partial charge on any atom is -0.495 e. The van der Waals surface area contributed by atoms with Crippen molar-refractivity contribution in [1.82, 2.24) is 0 Å². The van der Waals surface area contributed by atoms with Crippen LogP contribution in [0.25, 0.3) is 0 Å². The molecular formula is C6H7NO3S. The highest BCUT2D eigenvalue weighted by Crippen LogP contribution is 1.87. The smallest absolute Gasteiger partial charge is 0.213 e. The van der Waals surface area contributed by atoms with Gasteiger partial charge in [-0.1, -0.05) is 0 Å². The zero-order chi connectivity index (χ0) is 8.69. The summed E-state index contributed by atoms with van der Waals surface area (Å²) in [5.74, 6) is 0. The van der Waals surface area contributed by atoms with E-state index in [0.717, 1.165) is 5.37 Å². The summed E-state index contributed by atoms with van der Waals surface area (Å²) in [5, 5.41) is 9.17. The SMILES string of the molecule is CC(C#N)=COCC=S(=O)=O. The second-order valence-corrected chi connectivity index (χ2v) is 2.53. The lowest BCUT2D eigenvalue weighted by Gasteiger charge is -1.90. The van der Waals surface area contributed by atoms with Gasteiger partial charge in [-0.2, -0.15) is 13.7 Å². The summed E-state index contributed by atoms with van der Waals surface area (Å²) >= 11 is 0. The molecule has 4 nitrogen and oxygen atoms in total. The lowest BCUT2D eigenvalue weighted by atomic mass is 10.4. The zero-order valence-corrected chi connectivity index (χ0v) is 6.76. The van der Waals surface area contributed by atoms with Crippen molar-refractivity contribution < 1.29 is 13.2 Å². The quantitative estimate of drug-likeness (QED) is 0.263. The third kappa shape index (κ3) is 6.61. The Morgan fingerprint density at radius 3 is 2.82 bits per heavy atom. The number of nitriles is 1. The maximum Gasteiger partial charge on any atom is 0.213 e. The molecule has 0 saturated carbocycles. The topological polar surface area (TPSA) is 67.2 Å². The molecule has 0 bridgehead atoms. The fraction of sp³-hybridized carbons (Fsp3) is 0.333. The highest BCUT2D eigenvalue weighted by atomic mass is 32.2. The Bertz CT molecular complexity index is 299. The number of hydrogen-bond acceptors (Lipinski definition) is 4. The van der Waals surface area contributed by atoms with Gasteiger partial charge in [0.05, 0.1) is 23.3 Å². The zero-order valence-electron chi connectivity index (χ0n) is 5.94. The van der Waals surface area contributed by atoms with Gasteiger partial charge in [-0.3, -0.25) is 0 Å². The predicted octanol–water partition coefficient (Wildman–Crippen LogP) is 0.112. The van der Waals surface area contributed by atoms with Gasteiger partial charge in [0.25, 0.3) is 0 Å². The minimum atomic E-state index is -2.19. The van der Waals surface area contributed by atoms with Crippen LogP contribution in [0.1, 0.15) is 6.92 Å². The summed E-state index contributed by atoms with van der Waals surface area (Å²) in [4.78, 5) is 0. The summed E-state index contributed by atoms with van der Waals surface area (Å²) in [7, 11) is -2.19. The lowest BCUT2D eigenvalue weighted by Crippen LogP contribution is -1.89. The van der Waals surface area contributed by atoms with Crippen LogP contribution in [0.5, 0.6) is 0 Å². The predicted molar refractivity (Wildman–Crippen MR) is 40.3 cm³/mol. The average Bonchev–Trinajstić information content (AvgIpc) is 1.97. The molecular weight excluding hydrogens is 166 g/mol. The Kier molecular flexibility index (Phi) is 4.86. The van der Waals surface area contributed by atoms with E-state index in [1.807, 2.05) is 6.07 Å². The van der Waals surface area contributed by atoms with Crippen molar-refractivity contribution in [2.45, 2.75) is 6.92 Å². The third-order valence-corrected chi connectivity index (χ3v) is 1.15. The van der Waals surface area contributed by atoms with Gasteiger partial charge in [0, 0.05) is 0 Å². The van der Waals surface area contributed by atoms with Crippen molar-refractivity contribution in [3.05, 3.63) is 11.8 Å². The number of ether oxygens (including phenoxy) is 1. The van der Waals surface area contributed by atoms with Crippen LogP contribution in [0.2, 0.25) is 0 Å². The van der Waals surface area contributed by atoms with Crippen molar-refractivity contribution in [3.63, 3.8) is 0 Å². The summed E-state index contributed by atoms with van der Waals surface area (Å²) in [5.41, 5.74) is 0.398. The van der Waals surface area contributed by atoms with E-state index in [1.54, 1.807) is 6.92 Å². The first-order chi connectivity index (χ1) is 5.16. The van der Waals surface area contributed by atoms with Crippen molar-refractivity contribution >= 4 is 15.7 Å². The molecule has 0 rings (SSSR count). The van der Waals surface area contributed by atoms with Crippen molar-refractivity contribution in [2.75, 3.05) is 6.61 Å². The summed E-state index contributed by atoms with van der Waals surface area (Å²) in [6, 6.07) is 1.82. The summed E-state index contributed by atoms with van der Waals surface area (Å²) in [6.07, 6.45) is 1.21. The third-order valence-electron chi connectivity index (χ3n) is 0.737. The molecule has 0 aliphatic carbocycles. The Labute approximate surface area is 66.2 Å². The average molecular weight is 173 g/mol. The molecule has 60 valence electrons. The van der Waals surface area contributed by atoms with Crippen LogP contribution < -0.4 is 0 Å². The molecule has 11 heavy (non-hydrogen) atoms. The molecule has 0 aliphatic rings. The molecule has 0 spiro atoms. The molecule has 5 heteroatoms. The van der Waals surface area contributed by atoms with E-state index in [-0.39, 0.29) is 6.61 Å². The normalized spacial score (nSPS) is 10.0. The summed E-state index contributed by atoms with van der Waals surface area (Å²) < 4.78 is 24.4. The van der Waals surface area contributed by atoms with Crippen LogP contribution in [0, 0.1) is 11.3 Å². The number of nitrogens with zero attached hydrogens (tertiary/aromatic N) is 1. The molecule has 0 unspecified atom stereocenters. The molecule has 0 aromatic carbocycles. The largest absolute Gasteiger partial charge is 0.495 e. The second kappa shape index (κ2) is 5.50. The highest BCUT2D eigenvalue weighted by Gasteiger charge is 1.82. The van der Waals surface area contributed by atoms with Gasteiger partial charge in [0.15, 0.2) is 0 Å². The molecule has 0 amide bonds. The van der Waals surface area contributed by atoms with E-state index >= 15 is 0 Å². The van der Waals surface area contributed by atoms with E-state index in [9.17, 15) is 8.42 Å². The lowest BCUT2D eigenvalue weighted by molar-refractivity contribution is 0.305. The number of hydrogen-bond donors (Lipinski definition) is 0.